The fourth-order valence-corrected chi connectivity index (χ4v) is 4.23. The van der Waals surface area contributed by atoms with Gasteiger partial charge < -0.3 is 19.5 Å². The number of aromatic nitrogens is 3. The van der Waals surface area contributed by atoms with Crippen LogP contribution in [-0.2, 0) is 4.79 Å². The van der Waals surface area contributed by atoms with Crippen molar-refractivity contribution < 1.29 is 19.0 Å². The van der Waals surface area contributed by atoms with Gasteiger partial charge in [-0.25, -0.2) is 4.98 Å². The Hall–Kier alpha value is -4.11. The lowest BCUT2D eigenvalue weighted by atomic mass is 10.0. The Morgan fingerprint density at radius 2 is 1.35 bits per heavy atom. The van der Waals surface area contributed by atoms with E-state index in [2.05, 4.69) is 15.5 Å². The van der Waals surface area contributed by atoms with Gasteiger partial charge in [0.05, 0.1) is 26.1 Å². The molecule has 4 rings (SSSR count). The first kappa shape index (κ1) is 26.0. The molecule has 0 spiro atoms. The molecule has 9 heteroatoms. The number of carbonyl (C=O) groups is 1. The fraction of sp³-hybridized carbons (Fsp3) is 0.214. The second-order valence-electron chi connectivity index (χ2n) is 7.96. The molecule has 0 saturated carbocycles. The van der Waals surface area contributed by atoms with Gasteiger partial charge in [-0.2, -0.15) is 0 Å². The number of nitrogens with one attached hydrogen (secondary N) is 1. The molecule has 0 aliphatic carbocycles. The van der Waals surface area contributed by atoms with Crippen LogP contribution in [0, 0.1) is 0 Å². The lowest BCUT2D eigenvalue weighted by Gasteiger charge is -2.13. The predicted molar refractivity (Wildman–Crippen MR) is 145 cm³/mol. The Labute approximate surface area is 220 Å². The van der Waals surface area contributed by atoms with Crippen molar-refractivity contribution in [1.82, 2.24) is 15.2 Å². The van der Waals surface area contributed by atoms with Crippen molar-refractivity contribution in [3.63, 3.8) is 0 Å². The summed E-state index contributed by atoms with van der Waals surface area (Å²) in [5.74, 6) is 2.08. The fourth-order valence-electron chi connectivity index (χ4n) is 3.51. The first-order chi connectivity index (χ1) is 18.0. The molecule has 1 heterocycles. The summed E-state index contributed by atoms with van der Waals surface area (Å²) < 4.78 is 16.0. The van der Waals surface area contributed by atoms with Gasteiger partial charge in [0, 0.05) is 16.8 Å². The van der Waals surface area contributed by atoms with E-state index in [1.807, 2.05) is 86.6 Å². The van der Waals surface area contributed by atoms with Gasteiger partial charge >= 0.3 is 0 Å². The third kappa shape index (κ3) is 6.56. The third-order valence-electron chi connectivity index (χ3n) is 5.48. The van der Waals surface area contributed by atoms with Crippen LogP contribution in [0.1, 0.15) is 13.8 Å². The summed E-state index contributed by atoms with van der Waals surface area (Å²) >= 11 is 1.24. The number of nitrogens with zero attached hydrogens (tertiary/aromatic N) is 3. The number of hydrogen-bond donors (Lipinski definition) is 1. The van der Waals surface area contributed by atoms with Gasteiger partial charge in [-0.3, -0.25) is 4.79 Å². The number of carbonyl (C=O) groups excluding carboxylic acids is 1. The third-order valence-corrected chi connectivity index (χ3v) is 6.43. The van der Waals surface area contributed by atoms with E-state index in [1.54, 1.807) is 14.2 Å². The summed E-state index contributed by atoms with van der Waals surface area (Å²) in [4.78, 5) is 17.6. The molecule has 0 aliphatic rings. The minimum Gasteiger partial charge on any atom is -0.497 e. The minimum absolute atomic E-state index is 0.164. The lowest BCUT2D eigenvalue weighted by Crippen LogP contribution is -2.22. The number of rotatable bonds is 10. The zero-order valence-corrected chi connectivity index (χ0v) is 21.9. The summed E-state index contributed by atoms with van der Waals surface area (Å²) in [5, 5.41) is 11.7. The molecular weight excluding hydrogens is 488 g/mol. The largest absolute Gasteiger partial charge is 0.497 e. The Morgan fingerprint density at radius 1 is 0.811 bits per heavy atom. The molecule has 8 nitrogen and oxygen atoms in total. The van der Waals surface area contributed by atoms with E-state index in [-0.39, 0.29) is 5.91 Å². The van der Waals surface area contributed by atoms with Crippen molar-refractivity contribution >= 4 is 23.4 Å². The number of benzene rings is 3. The van der Waals surface area contributed by atoms with Gasteiger partial charge in [0.2, 0.25) is 11.1 Å². The van der Waals surface area contributed by atoms with Crippen molar-refractivity contribution in [1.29, 1.82) is 0 Å². The van der Waals surface area contributed by atoms with Crippen LogP contribution in [-0.4, -0.2) is 47.2 Å². The van der Waals surface area contributed by atoms with E-state index < -0.39 is 5.25 Å². The SMILES string of the molecule is CCOc1ccc(NC(=O)C(C)Sc2nnc(-c3ccc(OC)cc3)c(-c3ccc(OC)cc3)n2)cc1. The molecule has 1 atom stereocenters. The van der Waals surface area contributed by atoms with Crippen LogP contribution >= 0.6 is 11.8 Å². The molecule has 0 bridgehead atoms. The first-order valence-corrected chi connectivity index (χ1v) is 12.6. The smallest absolute Gasteiger partial charge is 0.237 e. The highest BCUT2D eigenvalue weighted by Gasteiger charge is 2.20. The predicted octanol–water partition coefficient (Wildman–Crippen LogP) is 5.74. The van der Waals surface area contributed by atoms with Crippen molar-refractivity contribution in [3.05, 3.63) is 72.8 Å². The molecule has 37 heavy (non-hydrogen) atoms. The second kappa shape index (κ2) is 12.2. The Kier molecular flexibility index (Phi) is 8.58. The molecule has 190 valence electrons. The zero-order chi connectivity index (χ0) is 26.2. The van der Waals surface area contributed by atoms with Gasteiger partial charge in [0.25, 0.3) is 0 Å². The monoisotopic (exact) mass is 516 g/mol. The van der Waals surface area contributed by atoms with Gasteiger partial charge in [0.15, 0.2) is 0 Å². The van der Waals surface area contributed by atoms with Crippen LogP contribution < -0.4 is 19.5 Å². The van der Waals surface area contributed by atoms with Crippen molar-refractivity contribution in [2.24, 2.45) is 0 Å². The number of ether oxygens (including phenoxy) is 3. The minimum atomic E-state index is -0.455. The summed E-state index contributed by atoms with van der Waals surface area (Å²) in [5.41, 5.74) is 3.68. The van der Waals surface area contributed by atoms with E-state index in [4.69, 9.17) is 19.2 Å². The van der Waals surface area contributed by atoms with Crippen LogP contribution in [0.5, 0.6) is 17.2 Å². The molecule has 1 unspecified atom stereocenters. The Morgan fingerprint density at radius 3 is 1.89 bits per heavy atom. The van der Waals surface area contributed by atoms with Crippen LogP contribution in [0.3, 0.4) is 0 Å². The molecular formula is C28H28N4O4S. The lowest BCUT2D eigenvalue weighted by molar-refractivity contribution is -0.115. The maximum Gasteiger partial charge on any atom is 0.237 e. The summed E-state index contributed by atoms with van der Waals surface area (Å²) in [6, 6.07) is 22.4. The maximum absolute atomic E-state index is 12.8. The Bertz CT molecular complexity index is 1330. The van der Waals surface area contributed by atoms with E-state index >= 15 is 0 Å². The normalized spacial score (nSPS) is 11.5. The van der Waals surface area contributed by atoms with E-state index in [0.717, 1.165) is 28.4 Å². The number of methoxy groups -OCH3 is 2. The molecule has 0 fully saturated rings. The summed E-state index contributed by atoms with van der Waals surface area (Å²) in [6.07, 6.45) is 0. The van der Waals surface area contributed by atoms with Crippen LogP contribution in [0.15, 0.2) is 78.0 Å². The highest BCUT2D eigenvalue weighted by molar-refractivity contribution is 8.00. The molecule has 1 aromatic heterocycles. The molecule has 3 aromatic carbocycles. The van der Waals surface area contributed by atoms with Crippen molar-refractivity contribution in [2.75, 3.05) is 26.1 Å². The Balaban J connectivity index is 1.57. The number of amides is 1. The van der Waals surface area contributed by atoms with Gasteiger partial charge in [0.1, 0.15) is 28.6 Å². The average molecular weight is 517 g/mol. The van der Waals surface area contributed by atoms with E-state index in [1.165, 1.54) is 11.8 Å². The average Bonchev–Trinajstić information content (AvgIpc) is 2.94. The molecule has 0 aliphatic heterocycles. The van der Waals surface area contributed by atoms with Crippen molar-refractivity contribution in [2.45, 2.75) is 24.3 Å². The van der Waals surface area contributed by atoms with E-state index in [0.29, 0.717) is 28.8 Å². The van der Waals surface area contributed by atoms with Crippen LogP contribution in [0.4, 0.5) is 5.69 Å². The molecule has 1 amide bonds. The number of hydrogen-bond acceptors (Lipinski definition) is 8. The van der Waals surface area contributed by atoms with Gasteiger partial charge in [-0.05, 0) is 86.6 Å². The van der Waals surface area contributed by atoms with Crippen LogP contribution in [0.25, 0.3) is 22.5 Å². The number of thioether (sulfide) groups is 1. The molecule has 0 radical (unpaired) electrons. The second-order valence-corrected chi connectivity index (χ2v) is 9.26. The van der Waals surface area contributed by atoms with E-state index in [9.17, 15) is 4.79 Å². The maximum atomic E-state index is 12.8. The molecule has 0 saturated heterocycles. The molecule has 1 N–H and O–H groups in total. The summed E-state index contributed by atoms with van der Waals surface area (Å²) in [6.45, 7) is 4.32. The molecule has 4 aromatic rings. The quantitative estimate of drug-likeness (QED) is 0.267. The van der Waals surface area contributed by atoms with Gasteiger partial charge in [-0.15, -0.1) is 10.2 Å². The van der Waals surface area contributed by atoms with Gasteiger partial charge in [-0.1, -0.05) is 11.8 Å². The highest BCUT2D eigenvalue weighted by Crippen LogP contribution is 2.32. The van der Waals surface area contributed by atoms with Crippen LogP contribution in [0.2, 0.25) is 0 Å². The topological polar surface area (TPSA) is 95.5 Å². The highest BCUT2D eigenvalue weighted by atomic mass is 32.2. The standard InChI is InChI=1S/C28H28N4O4S/c1-5-36-24-16-10-21(11-17-24)29-27(33)18(2)37-28-30-25(19-6-12-22(34-3)13-7-19)26(31-32-28)20-8-14-23(35-4)15-9-20/h6-18H,5H2,1-4H3,(H,29,33). The number of anilines is 1. The zero-order valence-electron chi connectivity index (χ0n) is 21.1. The van der Waals surface area contributed by atoms with Crippen molar-refractivity contribution in [3.8, 4) is 39.8 Å². The summed E-state index contributed by atoms with van der Waals surface area (Å²) in [7, 11) is 3.25. The first-order valence-electron chi connectivity index (χ1n) is 11.7.